The van der Waals surface area contributed by atoms with Crippen LogP contribution >= 0.6 is 11.6 Å². The monoisotopic (exact) mass is 183 g/mol. The topological polar surface area (TPSA) is 35.2 Å². The molecule has 2 rings (SSSR count). The number of aryl methyl sites for hydroxylation is 1. The summed E-state index contributed by atoms with van der Waals surface area (Å²) in [5, 5.41) is -1.01. The van der Waals surface area contributed by atoms with Gasteiger partial charge in [-0.05, 0) is 18.1 Å². The van der Waals surface area contributed by atoms with Crippen LogP contribution in [-0.2, 0) is 6.42 Å². The lowest BCUT2D eigenvalue weighted by molar-refractivity contribution is 0.137. The summed E-state index contributed by atoms with van der Waals surface area (Å²) in [6.07, 6.45) is 1.54. The molecule has 0 aromatic heterocycles. The molecule has 2 nitrogen and oxygen atoms in total. The molecule has 0 fully saturated rings. The van der Waals surface area contributed by atoms with E-state index in [0.29, 0.717) is 6.42 Å². The van der Waals surface area contributed by atoms with Gasteiger partial charge in [-0.1, -0.05) is 29.8 Å². The van der Waals surface area contributed by atoms with Crippen LogP contribution in [-0.4, -0.2) is 5.18 Å². The van der Waals surface area contributed by atoms with Crippen LogP contribution in [0.3, 0.4) is 0 Å². The third-order valence-corrected chi connectivity index (χ3v) is 2.25. The first-order chi connectivity index (χ1) is 5.67. The second-order valence-corrected chi connectivity index (χ2v) is 3.64. The normalized spacial score (nSPS) is 27.5. The fourth-order valence-electron chi connectivity index (χ4n) is 1.35. The maximum atomic E-state index is 5.86. The second kappa shape index (κ2) is 2.64. The summed E-state index contributed by atoms with van der Waals surface area (Å²) in [7, 11) is 0. The number of ether oxygens (including phenoxy) is 1. The van der Waals surface area contributed by atoms with Crippen LogP contribution in [0.5, 0.6) is 5.75 Å². The van der Waals surface area contributed by atoms with Gasteiger partial charge in [-0.2, -0.15) is 0 Å². The van der Waals surface area contributed by atoms with E-state index in [1.54, 1.807) is 0 Å². The molecule has 1 atom stereocenters. The van der Waals surface area contributed by atoms with E-state index in [4.69, 9.17) is 22.1 Å². The third kappa shape index (κ3) is 1.40. The number of rotatable bonds is 0. The molecule has 0 amide bonds. The first-order valence-corrected chi connectivity index (χ1v) is 4.30. The summed E-state index contributed by atoms with van der Waals surface area (Å²) in [6.45, 7) is 0. The van der Waals surface area contributed by atoms with E-state index in [1.165, 1.54) is 5.56 Å². The van der Waals surface area contributed by atoms with Gasteiger partial charge in [-0.3, -0.25) is 5.73 Å². The molecule has 0 saturated carbocycles. The van der Waals surface area contributed by atoms with E-state index in [2.05, 4.69) is 0 Å². The number of fused-ring (bicyclic) bond motifs is 1. The Morgan fingerprint density at radius 2 is 2.17 bits per heavy atom. The Morgan fingerprint density at radius 3 is 3.00 bits per heavy atom. The largest absolute Gasteiger partial charge is 0.459 e. The maximum Gasteiger partial charge on any atom is 0.235 e. The summed E-state index contributed by atoms with van der Waals surface area (Å²) < 4.78 is 5.36. The quantitative estimate of drug-likeness (QED) is 0.492. The zero-order valence-electron chi connectivity index (χ0n) is 6.59. The Kier molecular flexibility index (Phi) is 1.74. The van der Waals surface area contributed by atoms with Crippen molar-refractivity contribution >= 4 is 11.6 Å². The molecule has 1 aliphatic rings. The molecule has 1 aromatic rings. The molecular weight excluding hydrogens is 174 g/mol. The molecule has 2 N–H and O–H groups in total. The van der Waals surface area contributed by atoms with Crippen LogP contribution in [0.2, 0.25) is 0 Å². The Bertz CT molecular complexity index is 298. The lowest BCUT2D eigenvalue weighted by Gasteiger charge is -2.29. The minimum absolute atomic E-state index is 0.658. The molecular formula is C9H10ClNO. The van der Waals surface area contributed by atoms with Gasteiger partial charge in [0, 0.05) is 6.42 Å². The van der Waals surface area contributed by atoms with Crippen LogP contribution in [0.15, 0.2) is 24.3 Å². The van der Waals surface area contributed by atoms with Crippen molar-refractivity contribution in [3.63, 3.8) is 0 Å². The molecule has 1 aromatic carbocycles. The molecule has 12 heavy (non-hydrogen) atoms. The van der Waals surface area contributed by atoms with Crippen molar-refractivity contribution < 1.29 is 4.74 Å². The van der Waals surface area contributed by atoms with Crippen molar-refractivity contribution in [2.75, 3.05) is 0 Å². The molecule has 64 valence electrons. The minimum atomic E-state index is -1.01. The van der Waals surface area contributed by atoms with Gasteiger partial charge in [0.1, 0.15) is 5.75 Å². The van der Waals surface area contributed by atoms with Crippen molar-refractivity contribution in [2.45, 2.75) is 18.0 Å². The van der Waals surface area contributed by atoms with Gasteiger partial charge in [0.05, 0.1) is 0 Å². The molecule has 3 heteroatoms. The summed E-state index contributed by atoms with van der Waals surface area (Å²) in [6, 6.07) is 7.82. The summed E-state index contributed by atoms with van der Waals surface area (Å²) >= 11 is 5.86. The van der Waals surface area contributed by atoms with Gasteiger partial charge in [0.15, 0.2) is 0 Å². The maximum absolute atomic E-state index is 5.86. The van der Waals surface area contributed by atoms with Gasteiger partial charge in [-0.15, -0.1) is 0 Å². The Labute approximate surface area is 76.3 Å². The Hall–Kier alpha value is -0.730. The lowest BCUT2D eigenvalue weighted by atomic mass is 10.1. The minimum Gasteiger partial charge on any atom is -0.459 e. The smallest absolute Gasteiger partial charge is 0.235 e. The third-order valence-electron chi connectivity index (χ3n) is 1.99. The van der Waals surface area contributed by atoms with E-state index in [1.807, 2.05) is 24.3 Å². The van der Waals surface area contributed by atoms with E-state index in [-0.39, 0.29) is 0 Å². The summed E-state index contributed by atoms with van der Waals surface area (Å²) in [5.74, 6) is 0.807. The van der Waals surface area contributed by atoms with Crippen LogP contribution in [0.4, 0.5) is 0 Å². The van der Waals surface area contributed by atoms with Crippen molar-refractivity contribution in [3.8, 4) is 5.75 Å². The fraction of sp³-hybridized carbons (Fsp3) is 0.333. The standard InChI is InChI=1S/C9H10ClNO/c10-9(11)6-5-7-3-1-2-4-8(7)12-9/h1-4H,5-6,11H2. The molecule has 1 heterocycles. The first kappa shape index (κ1) is 7.90. The van der Waals surface area contributed by atoms with Crippen LogP contribution < -0.4 is 10.5 Å². The average molecular weight is 184 g/mol. The van der Waals surface area contributed by atoms with E-state index in [9.17, 15) is 0 Å². The van der Waals surface area contributed by atoms with Gasteiger partial charge in [0.2, 0.25) is 5.18 Å². The van der Waals surface area contributed by atoms with E-state index in [0.717, 1.165) is 12.2 Å². The van der Waals surface area contributed by atoms with Gasteiger partial charge in [0.25, 0.3) is 0 Å². The van der Waals surface area contributed by atoms with Crippen LogP contribution in [0.1, 0.15) is 12.0 Å². The zero-order chi connectivity index (χ0) is 8.60. The highest BCUT2D eigenvalue weighted by molar-refractivity contribution is 6.22. The molecule has 0 saturated heterocycles. The highest BCUT2D eigenvalue weighted by Crippen LogP contribution is 2.32. The van der Waals surface area contributed by atoms with Gasteiger partial charge < -0.3 is 4.74 Å². The highest BCUT2D eigenvalue weighted by atomic mass is 35.5. The molecule has 0 spiro atoms. The predicted molar refractivity (Wildman–Crippen MR) is 48.2 cm³/mol. The number of para-hydroxylation sites is 1. The summed E-state index contributed by atoms with van der Waals surface area (Å²) in [5.41, 5.74) is 6.82. The first-order valence-electron chi connectivity index (χ1n) is 3.92. The number of hydrogen-bond donors (Lipinski definition) is 1. The lowest BCUT2D eigenvalue weighted by Crippen LogP contribution is -2.42. The number of hydrogen-bond acceptors (Lipinski definition) is 2. The van der Waals surface area contributed by atoms with Gasteiger partial charge in [-0.25, -0.2) is 0 Å². The van der Waals surface area contributed by atoms with Gasteiger partial charge >= 0.3 is 0 Å². The fourth-order valence-corrected chi connectivity index (χ4v) is 1.53. The van der Waals surface area contributed by atoms with Crippen molar-refractivity contribution in [3.05, 3.63) is 29.8 Å². The second-order valence-electron chi connectivity index (χ2n) is 3.00. The molecule has 0 radical (unpaired) electrons. The zero-order valence-corrected chi connectivity index (χ0v) is 7.34. The number of nitrogens with two attached hydrogens (primary N) is 1. The predicted octanol–water partition coefficient (Wildman–Crippen LogP) is 1.86. The SMILES string of the molecule is NC1(Cl)CCc2ccccc2O1. The average Bonchev–Trinajstić information content (AvgIpc) is 2.02. The number of alkyl halides is 1. The molecule has 0 bridgehead atoms. The molecule has 1 aliphatic heterocycles. The number of benzene rings is 1. The van der Waals surface area contributed by atoms with Crippen LogP contribution in [0, 0.1) is 0 Å². The molecule has 0 aliphatic carbocycles. The Balaban J connectivity index is 2.35. The number of halogens is 1. The molecule has 1 unspecified atom stereocenters. The van der Waals surface area contributed by atoms with Crippen molar-refractivity contribution in [1.29, 1.82) is 0 Å². The summed E-state index contributed by atoms with van der Waals surface area (Å²) in [4.78, 5) is 0. The Morgan fingerprint density at radius 1 is 1.42 bits per heavy atom. The van der Waals surface area contributed by atoms with Crippen LogP contribution in [0.25, 0.3) is 0 Å². The van der Waals surface area contributed by atoms with E-state index >= 15 is 0 Å². The highest BCUT2D eigenvalue weighted by Gasteiger charge is 2.28. The van der Waals surface area contributed by atoms with Crippen molar-refractivity contribution in [2.24, 2.45) is 5.73 Å². The van der Waals surface area contributed by atoms with Crippen molar-refractivity contribution in [1.82, 2.24) is 0 Å². The van der Waals surface area contributed by atoms with E-state index < -0.39 is 5.18 Å².